The molecule has 29 heavy (non-hydrogen) atoms. The molecule has 0 amide bonds. The Morgan fingerprint density at radius 3 is 2.62 bits per heavy atom. The number of imidazole rings is 1. The van der Waals surface area contributed by atoms with Crippen LogP contribution in [0, 0.1) is 0 Å². The standard InChI is InChI=1S/C22H29N7/c1-28(2)18-10-6-7-16(13-18)25-22-26-20(24-15-11-12-15)19-21(27-22)29(14-23-19)17-8-4-3-5-9-17/h6-7,10,13-15,17H,3-5,8-9,11-12H2,1-2H3,(H2,24,25,26,27). The number of anilines is 4. The second-order valence-electron chi connectivity index (χ2n) is 8.50. The third-order valence-corrected chi connectivity index (χ3v) is 5.93. The van der Waals surface area contributed by atoms with E-state index in [1.54, 1.807) is 0 Å². The van der Waals surface area contributed by atoms with Crippen LogP contribution in [-0.4, -0.2) is 39.7 Å². The quantitative estimate of drug-likeness (QED) is 0.634. The van der Waals surface area contributed by atoms with Crippen LogP contribution in [0.4, 0.5) is 23.1 Å². The molecule has 0 atom stereocenters. The van der Waals surface area contributed by atoms with E-state index >= 15 is 0 Å². The number of fused-ring (bicyclic) bond motifs is 1. The summed E-state index contributed by atoms with van der Waals surface area (Å²) in [7, 11) is 4.09. The van der Waals surface area contributed by atoms with Crippen LogP contribution in [-0.2, 0) is 0 Å². The van der Waals surface area contributed by atoms with Crippen LogP contribution in [0.25, 0.3) is 11.2 Å². The van der Waals surface area contributed by atoms with Gasteiger partial charge in [0.15, 0.2) is 17.0 Å². The molecule has 0 saturated heterocycles. The van der Waals surface area contributed by atoms with Gasteiger partial charge >= 0.3 is 0 Å². The molecule has 2 fully saturated rings. The molecule has 7 heteroatoms. The highest BCUT2D eigenvalue weighted by molar-refractivity contribution is 5.85. The number of rotatable bonds is 6. The second kappa shape index (κ2) is 7.54. The Bertz CT molecular complexity index is 1000. The maximum absolute atomic E-state index is 4.89. The minimum atomic E-state index is 0.488. The van der Waals surface area contributed by atoms with Gasteiger partial charge in [-0.1, -0.05) is 25.3 Å². The van der Waals surface area contributed by atoms with Crippen LogP contribution >= 0.6 is 0 Å². The molecule has 0 radical (unpaired) electrons. The van der Waals surface area contributed by atoms with E-state index in [9.17, 15) is 0 Å². The number of benzene rings is 1. The normalized spacial score (nSPS) is 17.4. The highest BCUT2D eigenvalue weighted by atomic mass is 15.2. The van der Waals surface area contributed by atoms with Crippen LogP contribution in [0.1, 0.15) is 51.0 Å². The van der Waals surface area contributed by atoms with E-state index in [1.165, 1.54) is 44.9 Å². The maximum Gasteiger partial charge on any atom is 0.231 e. The molecule has 2 aromatic heterocycles. The van der Waals surface area contributed by atoms with Crippen LogP contribution in [0.2, 0.25) is 0 Å². The van der Waals surface area contributed by atoms with E-state index in [2.05, 4.69) is 32.2 Å². The Balaban J connectivity index is 1.52. The van der Waals surface area contributed by atoms with E-state index in [-0.39, 0.29) is 0 Å². The van der Waals surface area contributed by atoms with Gasteiger partial charge in [0.2, 0.25) is 5.95 Å². The van der Waals surface area contributed by atoms with Crippen molar-refractivity contribution >= 4 is 34.3 Å². The van der Waals surface area contributed by atoms with E-state index in [1.807, 2.05) is 32.6 Å². The zero-order valence-electron chi connectivity index (χ0n) is 17.2. The molecule has 0 spiro atoms. The number of hydrogen-bond donors (Lipinski definition) is 2. The minimum Gasteiger partial charge on any atom is -0.378 e. The molecule has 2 aliphatic carbocycles. The van der Waals surface area contributed by atoms with Gasteiger partial charge in [-0.15, -0.1) is 0 Å². The zero-order valence-corrected chi connectivity index (χ0v) is 17.2. The lowest BCUT2D eigenvalue weighted by Crippen LogP contribution is -2.13. The van der Waals surface area contributed by atoms with Gasteiger partial charge in [-0.2, -0.15) is 9.97 Å². The second-order valence-corrected chi connectivity index (χ2v) is 8.50. The average Bonchev–Trinajstić information content (AvgIpc) is 3.44. The molecule has 0 unspecified atom stereocenters. The SMILES string of the molecule is CN(C)c1cccc(Nc2nc(NC3CC3)c3ncn(C4CCCCC4)c3n2)c1. The zero-order chi connectivity index (χ0) is 19.8. The van der Waals surface area contributed by atoms with Gasteiger partial charge in [-0.05, 0) is 43.9 Å². The van der Waals surface area contributed by atoms with E-state index in [4.69, 9.17) is 15.0 Å². The summed E-state index contributed by atoms with van der Waals surface area (Å²) in [6.07, 6.45) is 10.7. The molecular formula is C22H29N7. The Hall–Kier alpha value is -2.83. The van der Waals surface area contributed by atoms with Gasteiger partial charge in [-0.3, -0.25) is 0 Å². The third-order valence-electron chi connectivity index (χ3n) is 5.93. The van der Waals surface area contributed by atoms with Gasteiger partial charge < -0.3 is 20.1 Å². The average molecular weight is 392 g/mol. The van der Waals surface area contributed by atoms with Crippen molar-refractivity contribution in [3.63, 3.8) is 0 Å². The molecule has 2 heterocycles. The van der Waals surface area contributed by atoms with Gasteiger partial charge in [-0.25, -0.2) is 4.98 Å². The molecule has 3 aromatic rings. The van der Waals surface area contributed by atoms with Gasteiger partial charge in [0.1, 0.15) is 0 Å². The molecule has 7 nitrogen and oxygen atoms in total. The highest BCUT2D eigenvalue weighted by Gasteiger charge is 2.25. The number of hydrogen-bond acceptors (Lipinski definition) is 6. The summed E-state index contributed by atoms with van der Waals surface area (Å²) in [5, 5.41) is 6.97. The largest absolute Gasteiger partial charge is 0.378 e. The molecule has 0 aliphatic heterocycles. The third kappa shape index (κ3) is 3.86. The summed E-state index contributed by atoms with van der Waals surface area (Å²) in [5.74, 6) is 1.47. The first kappa shape index (κ1) is 18.2. The molecule has 1 aromatic carbocycles. The van der Waals surface area contributed by atoms with Crippen molar-refractivity contribution in [3.8, 4) is 0 Å². The molecule has 2 saturated carbocycles. The van der Waals surface area contributed by atoms with Gasteiger partial charge in [0.25, 0.3) is 0 Å². The lowest BCUT2D eigenvalue weighted by molar-refractivity contribution is 0.358. The van der Waals surface area contributed by atoms with Crippen molar-refractivity contribution in [3.05, 3.63) is 30.6 Å². The fourth-order valence-corrected chi connectivity index (χ4v) is 4.11. The molecular weight excluding hydrogens is 362 g/mol. The maximum atomic E-state index is 4.89. The van der Waals surface area contributed by atoms with Crippen molar-refractivity contribution in [2.75, 3.05) is 29.6 Å². The molecule has 5 rings (SSSR count). The summed E-state index contributed by atoms with van der Waals surface area (Å²) in [6, 6.07) is 9.30. The number of nitrogens with zero attached hydrogens (tertiary/aromatic N) is 5. The van der Waals surface area contributed by atoms with Crippen molar-refractivity contribution in [1.29, 1.82) is 0 Å². The lowest BCUT2D eigenvalue weighted by atomic mass is 9.95. The summed E-state index contributed by atoms with van der Waals surface area (Å²) in [6.45, 7) is 0. The summed E-state index contributed by atoms with van der Waals surface area (Å²) >= 11 is 0. The Labute approximate surface area is 171 Å². The molecule has 0 bridgehead atoms. The number of nitrogens with one attached hydrogen (secondary N) is 2. The van der Waals surface area contributed by atoms with Crippen LogP contribution in [0.5, 0.6) is 0 Å². The summed E-state index contributed by atoms with van der Waals surface area (Å²) in [4.78, 5) is 16.5. The Kier molecular flexibility index (Phi) is 4.73. The predicted molar refractivity (Wildman–Crippen MR) is 118 cm³/mol. The lowest BCUT2D eigenvalue weighted by Gasteiger charge is -2.23. The Morgan fingerprint density at radius 2 is 1.86 bits per heavy atom. The minimum absolute atomic E-state index is 0.488. The first-order chi connectivity index (χ1) is 14.2. The first-order valence-electron chi connectivity index (χ1n) is 10.7. The van der Waals surface area contributed by atoms with E-state index in [0.29, 0.717) is 18.0 Å². The smallest absolute Gasteiger partial charge is 0.231 e. The topological polar surface area (TPSA) is 70.9 Å². The monoisotopic (exact) mass is 391 g/mol. The highest BCUT2D eigenvalue weighted by Crippen LogP contribution is 2.34. The summed E-state index contributed by atoms with van der Waals surface area (Å²) < 4.78 is 2.27. The van der Waals surface area contributed by atoms with Crippen molar-refractivity contribution in [1.82, 2.24) is 19.5 Å². The fourth-order valence-electron chi connectivity index (χ4n) is 4.11. The first-order valence-corrected chi connectivity index (χ1v) is 10.7. The molecule has 2 aliphatic rings. The Morgan fingerprint density at radius 1 is 1.03 bits per heavy atom. The molecule has 2 N–H and O–H groups in total. The van der Waals surface area contributed by atoms with Crippen LogP contribution in [0.3, 0.4) is 0 Å². The molecule has 152 valence electrons. The number of aromatic nitrogens is 4. The van der Waals surface area contributed by atoms with Crippen LogP contribution in [0.15, 0.2) is 30.6 Å². The van der Waals surface area contributed by atoms with E-state index in [0.717, 1.165) is 28.4 Å². The van der Waals surface area contributed by atoms with Gasteiger partial charge in [0, 0.05) is 37.6 Å². The van der Waals surface area contributed by atoms with Crippen molar-refractivity contribution < 1.29 is 0 Å². The van der Waals surface area contributed by atoms with Gasteiger partial charge in [0.05, 0.1) is 6.33 Å². The fraction of sp³-hybridized carbons (Fsp3) is 0.500. The van der Waals surface area contributed by atoms with Crippen molar-refractivity contribution in [2.45, 2.75) is 57.0 Å². The van der Waals surface area contributed by atoms with Crippen LogP contribution < -0.4 is 15.5 Å². The summed E-state index contributed by atoms with van der Waals surface area (Å²) in [5.41, 5.74) is 3.94. The van der Waals surface area contributed by atoms with E-state index < -0.39 is 0 Å². The van der Waals surface area contributed by atoms with Crippen molar-refractivity contribution in [2.24, 2.45) is 0 Å². The predicted octanol–water partition coefficient (Wildman–Crippen LogP) is 4.72.